The molecule has 0 spiro atoms. The Balaban J connectivity index is 2.84. The Hall–Kier alpha value is -1.62. The summed E-state index contributed by atoms with van der Waals surface area (Å²) in [7, 11) is 3.07. The first-order chi connectivity index (χ1) is 13.4. The van der Waals surface area contributed by atoms with Crippen LogP contribution >= 0.6 is 0 Å². The minimum atomic E-state index is -0.619. The Kier molecular flexibility index (Phi) is 11.1. The molecule has 0 radical (unpaired) electrons. The molecule has 1 fully saturated rings. The van der Waals surface area contributed by atoms with Crippen molar-refractivity contribution < 1.29 is 38.0 Å². The van der Waals surface area contributed by atoms with Crippen molar-refractivity contribution >= 4 is 12.2 Å². The summed E-state index contributed by atoms with van der Waals surface area (Å²) in [6.45, 7) is 4.83. The Morgan fingerprint density at radius 3 is 1.39 bits per heavy atom. The lowest BCUT2D eigenvalue weighted by molar-refractivity contribution is -0.0792. The van der Waals surface area contributed by atoms with E-state index in [0.29, 0.717) is 25.7 Å². The lowest BCUT2D eigenvalue weighted by Gasteiger charge is -2.46. The molecule has 2 N–H and O–H groups in total. The van der Waals surface area contributed by atoms with Gasteiger partial charge in [0.05, 0.1) is 37.5 Å². The summed E-state index contributed by atoms with van der Waals surface area (Å²) in [5, 5.41) is 5.85. The van der Waals surface area contributed by atoms with Crippen molar-refractivity contribution in [1.29, 1.82) is 0 Å². The quantitative estimate of drug-likeness (QED) is 0.372. The topological polar surface area (TPSA) is 114 Å². The highest BCUT2D eigenvalue weighted by molar-refractivity contribution is 5.69. The minimum Gasteiger partial charge on any atom is -0.450 e. The Morgan fingerprint density at radius 2 is 1.11 bits per heavy atom. The molecule has 1 rings (SSSR count). The molecule has 0 saturated heterocycles. The summed E-state index contributed by atoms with van der Waals surface area (Å²) in [6.07, 6.45) is 1.22. The van der Waals surface area contributed by atoms with Gasteiger partial charge in [0.15, 0.2) is 0 Å². The number of carbonyl (C=O) groups is 2. The van der Waals surface area contributed by atoms with Crippen molar-refractivity contribution in [2.45, 2.75) is 50.6 Å². The lowest BCUT2D eigenvalue weighted by atomic mass is 9.72. The SMILES string of the molecule is CCOC(=O)NC1(COCOC)CCC(COCOC)(NC(=O)OCC)CC1. The average molecular weight is 406 g/mol. The first kappa shape index (κ1) is 24.4. The fourth-order valence-corrected chi connectivity index (χ4v) is 3.23. The van der Waals surface area contributed by atoms with Gasteiger partial charge in [-0.3, -0.25) is 0 Å². The van der Waals surface area contributed by atoms with Crippen molar-refractivity contribution in [3.8, 4) is 0 Å². The van der Waals surface area contributed by atoms with Crippen LogP contribution in [0.5, 0.6) is 0 Å². The average Bonchev–Trinajstić information content (AvgIpc) is 2.65. The van der Waals surface area contributed by atoms with Crippen LogP contribution in [-0.4, -0.2) is 77.5 Å². The molecule has 10 heteroatoms. The van der Waals surface area contributed by atoms with E-state index < -0.39 is 23.3 Å². The molecule has 1 saturated carbocycles. The van der Waals surface area contributed by atoms with Crippen LogP contribution in [0.1, 0.15) is 39.5 Å². The predicted octanol–water partition coefficient (Wildman–Crippen LogP) is 1.77. The van der Waals surface area contributed by atoms with Crippen LogP contribution in [0.25, 0.3) is 0 Å². The maximum atomic E-state index is 12.0. The summed E-state index contributed by atoms with van der Waals surface area (Å²) in [5.74, 6) is 0. The van der Waals surface area contributed by atoms with Crippen LogP contribution in [0.15, 0.2) is 0 Å². The van der Waals surface area contributed by atoms with Crippen molar-refractivity contribution in [2.75, 3.05) is 54.2 Å². The molecule has 10 nitrogen and oxygen atoms in total. The standard InChI is InChI=1S/C18H34N2O8/c1-5-27-15(21)19-17(11-25-13-23-3)7-9-18(10-8-17,12-26-14-24-4)20-16(22)28-6-2/h5-14H2,1-4H3,(H,19,21)(H,20,22). The third kappa shape index (κ3) is 8.17. The minimum absolute atomic E-state index is 0.120. The molecule has 1 aliphatic rings. The van der Waals surface area contributed by atoms with Gasteiger partial charge in [0, 0.05) is 14.2 Å². The van der Waals surface area contributed by atoms with Crippen LogP contribution in [0.3, 0.4) is 0 Å². The second kappa shape index (κ2) is 12.8. The van der Waals surface area contributed by atoms with Crippen molar-refractivity contribution in [2.24, 2.45) is 0 Å². The van der Waals surface area contributed by atoms with Gasteiger partial charge in [-0.25, -0.2) is 9.59 Å². The molecule has 0 aromatic carbocycles. The Labute approximate surface area is 166 Å². The summed E-state index contributed by atoms with van der Waals surface area (Å²) in [4.78, 5) is 24.1. The zero-order valence-electron chi connectivity index (χ0n) is 17.3. The molecular formula is C18H34N2O8. The van der Waals surface area contributed by atoms with Gasteiger partial charge < -0.3 is 39.1 Å². The smallest absolute Gasteiger partial charge is 0.407 e. The number of amides is 2. The molecule has 28 heavy (non-hydrogen) atoms. The number of ether oxygens (including phenoxy) is 6. The van der Waals surface area contributed by atoms with Crippen molar-refractivity contribution in [3.05, 3.63) is 0 Å². The highest BCUT2D eigenvalue weighted by Gasteiger charge is 2.45. The first-order valence-corrected chi connectivity index (χ1v) is 9.48. The van der Waals surface area contributed by atoms with Crippen LogP contribution in [0, 0.1) is 0 Å². The van der Waals surface area contributed by atoms with E-state index in [1.807, 2.05) is 0 Å². The van der Waals surface area contributed by atoms with Gasteiger partial charge in [-0.2, -0.15) is 0 Å². The molecular weight excluding hydrogens is 372 g/mol. The molecule has 0 bridgehead atoms. The fraction of sp³-hybridized carbons (Fsp3) is 0.889. The Bertz CT molecular complexity index is 425. The van der Waals surface area contributed by atoms with Gasteiger partial charge in [-0.1, -0.05) is 0 Å². The van der Waals surface area contributed by atoms with Crippen LogP contribution < -0.4 is 10.6 Å². The lowest BCUT2D eigenvalue weighted by Crippen LogP contribution is -2.62. The van der Waals surface area contributed by atoms with Gasteiger partial charge in [0.1, 0.15) is 13.6 Å². The molecule has 0 heterocycles. The van der Waals surface area contributed by atoms with Crippen LogP contribution in [0.4, 0.5) is 9.59 Å². The van der Waals surface area contributed by atoms with E-state index in [2.05, 4.69) is 10.6 Å². The van der Waals surface area contributed by atoms with Crippen LogP contribution in [0.2, 0.25) is 0 Å². The number of carbonyl (C=O) groups excluding carboxylic acids is 2. The third-order valence-electron chi connectivity index (χ3n) is 4.61. The highest BCUT2D eigenvalue weighted by atomic mass is 16.7. The van der Waals surface area contributed by atoms with E-state index in [4.69, 9.17) is 28.4 Å². The van der Waals surface area contributed by atoms with Gasteiger partial charge in [-0.05, 0) is 39.5 Å². The van der Waals surface area contributed by atoms with Crippen LogP contribution in [-0.2, 0) is 28.4 Å². The molecule has 0 aromatic rings. The maximum Gasteiger partial charge on any atom is 0.407 e. The molecule has 164 valence electrons. The number of hydrogen-bond donors (Lipinski definition) is 2. The molecule has 0 unspecified atom stereocenters. The van der Waals surface area contributed by atoms with E-state index >= 15 is 0 Å². The second-order valence-corrected chi connectivity index (χ2v) is 6.76. The van der Waals surface area contributed by atoms with Gasteiger partial charge in [0.25, 0.3) is 0 Å². The maximum absolute atomic E-state index is 12.0. The second-order valence-electron chi connectivity index (χ2n) is 6.76. The number of rotatable bonds is 12. The zero-order valence-corrected chi connectivity index (χ0v) is 17.3. The largest absolute Gasteiger partial charge is 0.450 e. The molecule has 0 aliphatic heterocycles. The zero-order chi connectivity index (χ0) is 20.9. The summed E-state index contributed by atoms with van der Waals surface area (Å²) >= 11 is 0. The predicted molar refractivity (Wildman–Crippen MR) is 99.9 cm³/mol. The van der Waals surface area contributed by atoms with Gasteiger partial charge in [0.2, 0.25) is 0 Å². The van der Waals surface area contributed by atoms with E-state index in [1.165, 1.54) is 14.2 Å². The fourth-order valence-electron chi connectivity index (χ4n) is 3.23. The van der Waals surface area contributed by atoms with E-state index in [0.717, 1.165) is 0 Å². The molecule has 0 atom stereocenters. The number of hydrogen-bond acceptors (Lipinski definition) is 8. The summed E-state index contributed by atoms with van der Waals surface area (Å²) in [6, 6.07) is 0. The van der Waals surface area contributed by atoms with E-state index in [9.17, 15) is 9.59 Å². The number of alkyl carbamates (subject to hydrolysis) is 2. The van der Waals surface area contributed by atoms with Gasteiger partial charge in [-0.15, -0.1) is 0 Å². The molecule has 1 aliphatic carbocycles. The first-order valence-electron chi connectivity index (χ1n) is 9.48. The summed E-state index contributed by atoms with van der Waals surface area (Å²) < 4.78 is 31.0. The normalized spacial score (nSPS) is 24.4. The van der Waals surface area contributed by atoms with Crippen molar-refractivity contribution in [3.63, 3.8) is 0 Å². The van der Waals surface area contributed by atoms with Gasteiger partial charge >= 0.3 is 12.2 Å². The monoisotopic (exact) mass is 406 g/mol. The summed E-state index contributed by atoms with van der Waals surface area (Å²) in [5.41, 5.74) is -1.24. The number of methoxy groups -OCH3 is 2. The number of nitrogens with one attached hydrogen (secondary N) is 2. The van der Waals surface area contributed by atoms with E-state index in [1.54, 1.807) is 13.8 Å². The molecule has 2 amide bonds. The highest BCUT2D eigenvalue weighted by Crippen LogP contribution is 2.36. The molecule has 0 aromatic heterocycles. The van der Waals surface area contributed by atoms with E-state index in [-0.39, 0.29) is 40.0 Å². The van der Waals surface area contributed by atoms with Crippen molar-refractivity contribution in [1.82, 2.24) is 10.6 Å². The third-order valence-corrected chi connectivity index (χ3v) is 4.61. The Morgan fingerprint density at radius 1 is 0.750 bits per heavy atom.